The van der Waals surface area contributed by atoms with Crippen LogP contribution in [0.4, 0.5) is 8.78 Å². The van der Waals surface area contributed by atoms with Gasteiger partial charge in [-0.2, -0.15) is 0 Å². The lowest BCUT2D eigenvalue weighted by molar-refractivity contribution is -0.135. The molecular weight excluding hydrogens is 462 g/mol. The van der Waals surface area contributed by atoms with E-state index in [2.05, 4.69) is 15.5 Å². The predicted octanol–water partition coefficient (Wildman–Crippen LogP) is 3.54. The van der Waals surface area contributed by atoms with Gasteiger partial charge in [-0.25, -0.2) is 8.78 Å². The average Bonchev–Trinajstić information content (AvgIpc) is 3.65. The Kier molecular flexibility index (Phi) is 9.04. The first-order chi connectivity index (χ1) is 17.4. The van der Waals surface area contributed by atoms with Gasteiger partial charge in [-0.15, -0.1) is 0 Å². The van der Waals surface area contributed by atoms with Gasteiger partial charge in [0.05, 0.1) is 0 Å². The topological polar surface area (TPSA) is 64.7 Å². The van der Waals surface area contributed by atoms with Crippen LogP contribution in [-0.2, 0) is 4.79 Å². The van der Waals surface area contributed by atoms with Crippen molar-refractivity contribution in [2.45, 2.75) is 50.1 Å². The van der Waals surface area contributed by atoms with Gasteiger partial charge < -0.3 is 20.4 Å². The number of unbranched alkanes of at least 4 members (excludes halogenated alkanes) is 2. The summed E-state index contributed by atoms with van der Waals surface area (Å²) in [5, 5.41) is 6.47. The number of piperazine rings is 1. The summed E-state index contributed by atoms with van der Waals surface area (Å²) in [5.41, 5.74) is 1.52. The molecule has 0 radical (unpaired) electrons. The minimum atomic E-state index is -0.592. The van der Waals surface area contributed by atoms with Crippen LogP contribution in [0, 0.1) is 11.6 Å². The highest BCUT2D eigenvalue weighted by Crippen LogP contribution is 2.40. The van der Waals surface area contributed by atoms with E-state index in [-0.39, 0.29) is 17.6 Å². The van der Waals surface area contributed by atoms with E-state index in [9.17, 15) is 18.4 Å². The molecule has 0 spiro atoms. The van der Waals surface area contributed by atoms with E-state index >= 15 is 0 Å². The lowest BCUT2D eigenvalue weighted by Crippen LogP contribution is -2.54. The molecule has 0 bridgehead atoms. The summed E-state index contributed by atoms with van der Waals surface area (Å²) < 4.78 is 26.4. The van der Waals surface area contributed by atoms with E-state index in [0.29, 0.717) is 37.0 Å². The summed E-state index contributed by atoms with van der Waals surface area (Å²) in [4.78, 5) is 30.0. The summed E-state index contributed by atoms with van der Waals surface area (Å²) in [6, 6.07) is 12.0. The van der Waals surface area contributed by atoms with Gasteiger partial charge in [0.2, 0.25) is 5.91 Å². The Hall–Kier alpha value is -2.84. The number of hydrogen-bond acceptors (Lipinski definition) is 4. The van der Waals surface area contributed by atoms with Crippen LogP contribution in [0.3, 0.4) is 0 Å². The molecule has 3 atom stereocenters. The summed E-state index contributed by atoms with van der Waals surface area (Å²) in [7, 11) is 2.03. The maximum atomic E-state index is 13.2. The number of likely N-dealkylation sites (N-methyl/N-ethyl adjacent to an activating group) is 1. The first-order valence-electron chi connectivity index (χ1n) is 12.9. The highest BCUT2D eigenvalue weighted by Gasteiger charge is 2.37. The second kappa shape index (κ2) is 12.4. The molecule has 2 aromatic rings. The smallest absolute Gasteiger partial charge is 0.251 e. The fourth-order valence-corrected chi connectivity index (χ4v) is 4.78. The number of nitrogens with zero attached hydrogens (tertiary/aromatic N) is 2. The fraction of sp³-hybridized carbons (Fsp3) is 0.500. The van der Waals surface area contributed by atoms with Gasteiger partial charge in [-0.1, -0.05) is 25.0 Å². The van der Waals surface area contributed by atoms with Crippen molar-refractivity contribution in [1.82, 2.24) is 20.4 Å². The molecule has 2 fully saturated rings. The zero-order valence-corrected chi connectivity index (χ0v) is 20.9. The Morgan fingerprint density at radius 2 is 1.56 bits per heavy atom. The van der Waals surface area contributed by atoms with Crippen molar-refractivity contribution in [3.63, 3.8) is 0 Å². The van der Waals surface area contributed by atoms with Crippen molar-refractivity contribution in [3.8, 4) is 0 Å². The number of carbonyl (C=O) groups is 2. The molecule has 2 aromatic carbocycles. The highest BCUT2D eigenvalue weighted by atomic mass is 19.1. The normalized spacial score (nSPS) is 20.7. The van der Waals surface area contributed by atoms with Gasteiger partial charge in [0.1, 0.15) is 17.7 Å². The summed E-state index contributed by atoms with van der Waals surface area (Å²) in [5.74, 6) is -0.554. The molecule has 1 heterocycles. The maximum absolute atomic E-state index is 13.2. The Morgan fingerprint density at radius 1 is 0.917 bits per heavy atom. The number of carbonyl (C=O) groups excluding carboxylic acids is 2. The number of amides is 2. The standard InChI is InChI=1S/C28H36F2N4O2/c1-33-15-17-34(18-16-33)28(36)25(32-27(35)21-8-12-23(30)13-9-21)5-3-2-4-14-31-26-19-24(26)20-6-10-22(29)11-7-20/h6-13,24-26,31H,2-5,14-19H2,1H3,(H,32,35)/t24-,25-,26+/m0/s1. The van der Waals surface area contributed by atoms with Crippen molar-refractivity contribution in [1.29, 1.82) is 0 Å². The molecule has 1 saturated carbocycles. The van der Waals surface area contributed by atoms with Crippen LogP contribution in [0.15, 0.2) is 48.5 Å². The zero-order chi connectivity index (χ0) is 25.5. The monoisotopic (exact) mass is 498 g/mol. The summed E-state index contributed by atoms with van der Waals surface area (Å²) >= 11 is 0. The van der Waals surface area contributed by atoms with Crippen molar-refractivity contribution in [2.24, 2.45) is 0 Å². The van der Waals surface area contributed by atoms with Gasteiger partial charge in [0.25, 0.3) is 5.91 Å². The number of halogens is 2. The molecule has 2 N–H and O–H groups in total. The number of hydrogen-bond donors (Lipinski definition) is 2. The van der Waals surface area contributed by atoms with E-state index < -0.39 is 11.9 Å². The van der Waals surface area contributed by atoms with Gasteiger partial charge in [-0.3, -0.25) is 9.59 Å². The van der Waals surface area contributed by atoms with Crippen molar-refractivity contribution < 1.29 is 18.4 Å². The Morgan fingerprint density at radius 3 is 2.22 bits per heavy atom. The van der Waals surface area contributed by atoms with E-state index in [4.69, 9.17) is 0 Å². The second-order valence-electron chi connectivity index (χ2n) is 9.97. The fourth-order valence-electron chi connectivity index (χ4n) is 4.78. The van der Waals surface area contributed by atoms with E-state index in [1.165, 1.54) is 42.0 Å². The molecule has 1 aliphatic heterocycles. The van der Waals surface area contributed by atoms with Crippen LogP contribution in [-0.4, -0.2) is 73.5 Å². The van der Waals surface area contributed by atoms with Crippen molar-refractivity contribution >= 4 is 11.8 Å². The number of benzene rings is 2. The van der Waals surface area contributed by atoms with Gasteiger partial charge in [-0.05, 0) is 74.8 Å². The summed E-state index contributed by atoms with van der Waals surface area (Å²) in [6.07, 6.45) is 4.39. The molecule has 0 unspecified atom stereocenters. The Balaban J connectivity index is 1.22. The molecule has 36 heavy (non-hydrogen) atoms. The van der Waals surface area contributed by atoms with Crippen LogP contribution >= 0.6 is 0 Å². The largest absolute Gasteiger partial charge is 0.340 e. The van der Waals surface area contributed by atoms with Gasteiger partial charge in [0, 0.05) is 43.7 Å². The highest BCUT2D eigenvalue weighted by molar-refractivity contribution is 5.97. The lowest BCUT2D eigenvalue weighted by atomic mass is 10.1. The molecule has 0 aromatic heterocycles. The molecule has 2 amide bonds. The lowest BCUT2D eigenvalue weighted by Gasteiger charge is -2.34. The molecule has 2 aliphatic rings. The Labute approximate surface area is 212 Å². The minimum Gasteiger partial charge on any atom is -0.340 e. The van der Waals surface area contributed by atoms with Crippen molar-refractivity contribution in [3.05, 3.63) is 71.3 Å². The average molecular weight is 499 g/mol. The molecule has 1 aliphatic carbocycles. The molecule has 8 heteroatoms. The van der Waals surface area contributed by atoms with Gasteiger partial charge in [0.15, 0.2) is 0 Å². The molecule has 1 saturated heterocycles. The molecule has 6 nitrogen and oxygen atoms in total. The molecular formula is C28H36F2N4O2. The van der Waals surface area contributed by atoms with Crippen LogP contribution in [0.25, 0.3) is 0 Å². The van der Waals surface area contributed by atoms with E-state index in [1.807, 2.05) is 24.1 Å². The van der Waals surface area contributed by atoms with E-state index in [0.717, 1.165) is 45.3 Å². The maximum Gasteiger partial charge on any atom is 0.251 e. The van der Waals surface area contributed by atoms with Gasteiger partial charge >= 0.3 is 0 Å². The summed E-state index contributed by atoms with van der Waals surface area (Å²) in [6.45, 7) is 3.82. The van der Waals surface area contributed by atoms with Crippen LogP contribution in [0.5, 0.6) is 0 Å². The molecule has 4 rings (SSSR count). The first kappa shape index (κ1) is 26.2. The number of rotatable bonds is 11. The number of nitrogens with one attached hydrogen (secondary N) is 2. The third-order valence-corrected chi connectivity index (χ3v) is 7.19. The van der Waals surface area contributed by atoms with Crippen molar-refractivity contribution in [2.75, 3.05) is 39.8 Å². The predicted molar refractivity (Wildman–Crippen MR) is 136 cm³/mol. The minimum absolute atomic E-state index is 0.0446. The SMILES string of the molecule is CN1CCN(C(=O)[C@H](CCCCCN[C@@H]2C[C@H]2c2ccc(F)cc2)NC(=O)c2ccc(F)cc2)CC1. The third kappa shape index (κ3) is 7.34. The quantitative estimate of drug-likeness (QED) is 0.465. The van der Waals surface area contributed by atoms with Crippen LogP contribution < -0.4 is 10.6 Å². The first-order valence-corrected chi connectivity index (χ1v) is 12.9. The third-order valence-electron chi connectivity index (χ3n) is 7.19. The van der Waals surface area contributed by atoms with Crippen LogP contribution in [0.1, 0.15) is 53.9 Å². The Bertz CT molecular complexity index is 1010. The van der Waals surface area contributed by atoms with E-state index in [1.54, 1.807) is 0 Å². The zero-order valence-electron chi connectivity index (χ0n) is 20.9. The van der Waals surface area contributed by atoms with Crippen LogP contribution in [0.2, 0.25) is 0 Å². The molecule has 194 valence electrons. The second-order valence-corrected chi connectivity index (χ2v) is 9.97.